The average molecular weight is 788 g/mol. The number of aliphatic hydroxyl groups excluding tert-OH is 1. The third kappa shape index (κ3) is 39.5. The van der Waals surface area contributed by atoms with Gasteiger partial charge >= 0.3 is 7.82 Å². The summed E-state index contributed by atoms with van der Waals surface area (Å²) < 4.78 is 23.4. The SMILES string of the molecule is CC/C=C\C/C=C\C/C=C\C/C=C\C/C=C\C/C=C\C/C=C\CCCCCC(=O)NC(COP(=O)(O)OCC[N+](C)(C)C)C(O)/C=C/CCCCCCCC. The number of phosphoric ester groups is 1. The van der Waals surface area contributed by atoms with Gasteiger partial charge in [0.25, 0.3) is 0 Å². The van der Waals surface area contributed by atoms with Crippen LogP contribution in [0.1, 0.15) is 136 Å². The number of hydrogen-bond donors (Lipinski definition) is 3. The van der Waals surface area contributed by atoms with Gasteiger partial charge in [-0.2, -0.15) is 0 Å². The minimum Gasteiger partial charge on any atom is -0.387 e. The second-order valence-corrected chi connectivity index (χ2v) is 16.4. The van der Waals surface area contributed by atoms with E-state index < -0.39 is 20.0 Å². The smallest absolute Gasteiger partial charge is 0.387 e. The standard InChI is InChI=1S/C46H79N2O6P/c1-6-8-10-12-14-16-17-18-19-20-21-22-23-24-25-26-27-28-29-30-31-32-34-36-38-40-46(50)47-44(43-54-55(51,52)53-42-41-48(3,4)5)45(49)39-37-35-33-15-13-11-9-7-2/h8,10,14,16,18-19,21-22,24-25,27-28,30-31,37,39,44-45,49H,6-7,9,11-13,15,17,20,23,26,29,32-36,38,40-43H2,1-5H3,(H-,47,50,51,52)/p+1/b10-8-,16-14-,19-18-,22-21-,25-24-,28-27-,31-30-,39-37+. The molecule has 314 valence electrons. The van der Waals surface area contributed by atoms with E-state index in [-0.39, 0.29) is 19.1 Å². The van der Waals surface area contributed by atoms with Gasteiger partial charge in [0.05, 0.1) is 39.9 Å². The van der Waals surface area contributed by atoms with Gasteiger partial charge in [-0.3, -0.25) is 13.8 Å². The normalized spacial score (nSPS) is 15.4. The van der Waals surface area contributed by atoms with Crippen LogP contribution in [0.15, 0.2) is 97.2 Å². The van der Waals surface area contributed by atoms with Crippen molar-refractivity contribution in [3.63, 3.8) is 0 Å². The van der Waals surface area contributed by atoms with Crippen LogP contribution in [0.3, 0.4) is 0 Å². The second kappa shape index (κ2) is 37.0. The van der Waals surface area contributed by atoms with Gasteiger partial charge < -0.3 is 19.8 Å². The first kappa shape index (κ1) is 52.4. The van der Waals surface area contributed by atoms with E-state index in [0.717, 1.165) is 89.9 Å². The fraction of sp³-hybridized carbons (Fsp3) is 0.630. The summed E-state index contributed by atoms with van der Waals surface area (Å²) in [6, 6.07) is -0.868. The van der Waals surface area contributed by atoms with E-state index in [9.17, 15) is 19.4 Å². The number of likely N-dealkylation sites (N-methyl/N-ethyl adjacent to an activating group) is 1. The molecule has 8 nitrogen and oxygen atoms in total. The molecular formula is C46H80N2O6P+. The highest BCUT2D eigenvalue weighted by Crippen LogP contribution is 2.43. The molecule has 9 heteroatoms. The summed E-state index contributed by atoms with van der Waals surface area (Å²) in [6.45, 7) is 4.59. The van der Waals surface area contributed by atoms with E-state index in [1.54, 1.807) is 6.08 Å². The molecule has 0 rings (SSSR count). The largest absolute Gasteiger partial charge is 0.472 e. The third-order valence-corrected chi connectivity index (χ3v) is 9.54. The number of amides is 1. The van der Waals surface area contributed by atoms with Crippen LogP contribution in [-0.4, -0.2) is 73.4 Å². The molecule has 3 unspecified atom stereocenters. The number of hydrogen-bond acceptors (Lipinski definition) is 5. The van der Waals surface area contributed by atoms with Crippen molar-refractivity contribution in [2.75, 3.05) is 40.9 Å². The monoisotopic (exact) mass is 788 g/mol. The number of carbonyl (C=O) groups excluding carboxylic acids is 1. The quantitative estimate of drug-likeness (QED) is 0.0253. The number of nitrogens with one attached hydrogen (secondary N) is 1. The van der Waals surface area contributed by atoms with Gasteiger partial charge in [0.1, 0.15) is 13.2 Å². The van der Waals surface area contributed by atoms with E-state index in [2.05, 4.69) is 104 Å². The Labute approximate surface area is 337 Å². The Morgan fingerprint density at radius 2 is 1.09 bits per heavy atom. The number of unbranched alkanes of at least 4 members (excludes halogenated alkanes) is 9. The topological polar surface area (TPSA) is 105 Å². The Morgan fingerprint density at radius 3 is 1.60 bits per heavy atom. The second-order valence-electron chi connectivity index (χ2n) is 15.0. The van der Waals surface area contributed by atoms with Gasteiger partial charge in [0, 0.05) is 6.42 Å². The predicted octanol–water partition coefficient (Wildman–Crippen LogP) is 11.6. The molecule has 0 aromatic heterocycles. The maximum absolute atomic E-state index is 12.8. The van der Waals surface area contributed by atoms with Crippen molar-refractivity contribution in [2.45, 2.75) is 148 Å². The zero-order chi connectivity index (χ0) is 40.7. The Morgan fingerprint density at radius 1 is 0.636 bits per heavy atom. The first-order valence-corrected chi connectivity index (χ1v) is 22.6. The lowest BCUT2D eigenvalue weighted by molar-refractivity contribution is -0.870. The molecule has 3 N–H and O–H groups in total. The summed E-state index contributed by atoms with van der Waals surface area (Å²) >= 11 is 0. The van der Waals surface area contributed by atoms with E-state index >= 15 is 0 Å². The predicted molar refractivity (Wildman–Crippen MR) is 235 cm³/mol. The molecule has 0 aliphatic heterocycles. The molecule has 0 fully saturated rings. The highest BCUT2D eigenvalue weighted by Gasteiger charge is 2.27. The summed E-state index contributed by atoms with van der Waals surface area (Å²) in [5, 5.41) is 13.7. The molecule has 0 radical (unpaired) electrons. The van der Waals surface area contributed by atoms with E-state index in [4.69, 9.17) is 9.05 Å². The maximum Gasteiger partial charge on any atom is 0.472 e. The maximum atomic E-state index is 12.8. The number of nitrogens with zero attached hydrogens (tertiary/aromatic N) is 1. The molecule has 0 aliphatic carbocycles. The van der Waals surface area contributed by atoms with E-state index in [1.807, 2.05) is 27.2 Å². The minimum atomic E-state index is -4.34. The van der Waals surface area contributed by atoms with Crippen molar-refractivity contribution in [1.29, 1.82) is 0 Å². The number of phosphoric acid groups is 1. The molecule has 0 saturated heterocycles. The molecule has 1 amide bonds. The zero-order valence-electron chi connectivity index (χ0n) is 35.4. The van der Waals surface area contributed by atoms with Crippen LogP contribution in [0.25, 0.3) is 0 Å². The van der Waals surface area contributed by atoms with Crippen LogP contribution >= 0.6 is 7.82 Å². The van der Waals surface area contributed by atoms with Crippen molar-refractivity contribution in [2.24, 2.45) is 0 Å². The van der Waals surface area contributed by atoms with E-state index in [0.29, 0.717) is 17.4 Å². The Bertz CT molecular complexity index is 1210. The van der Waals surface area contributed by atoms with Crippen LogP contribution in [0.2, 0.25) is 0 Å². The van der Waals surface area contributed by atoms with Crippen molar-refractivity contribution >= 4 is 13.7 Å². The summed E-state index contributed by atoms with van der Waals surface area (Å²) in [6.07, 6.45) is 52.0. The molecular weight excluding hydrogens is 707 g/mol. The summed E-state index contributed by atoms with van der Waals surface area (Å²) in [7, 11) is 1.52. The molecule has 0 heterocycles. The highest BCUT2D eigenvalue weighted by molar-refractivity contribution is 7.47. The average Bonchev–Trinajstić information content (AvgIpc) is 3.13. The van der Waals surface area contributed by atoms with Crippen LogP contribution in [-0.2, 0) is 18.4 Å². The summed E-state index contributed by atoms with van der Waals surface area (Å²) in [5.74, 6) is -0.219. The number of quaternary nitrogens is 1. The molecule has 0 aromatic rings. The number of rotatable bonds is 36. The molecule has 55 heavy (non-hydrogen) atoms. The Hall–Kier alpha value is -2.58. The van der Waals surface area contributed by atoms with Gasteiger partial charge in [-0.25, -0.2) is 4.57 Å². The highest BCUT2D eigenvalue weighted by atomic mass is 31.2. The van der Waals surface area contributed by atoms with Crippen LogP contribution in [0.4, 0.5) is 0 Å². The molecule has 0 bridgehead atoms. The minimum absolute atomic E-state index is 0.0483. The first-order valence-electron chi connectivity index (χ1n) is 21.1. The van der Waals surface area contributed by atoms with Gasteiger partial charge in [-0.15, -0.1) is 0 Å². The molecule has 0 aliphatic rings. The number of allylic oxidation sites excluding steroid dienone is 15. The summed E-state index contributed by atoms with van der Waals surface area (Å²) in [4.78, 5) is 23.0. The summed E-state index contributed by atoms with van der Waals surface area (Å²) in [5.41, 5.74) is 0. The van der Waals surface area contributed by atoms with E-state index in [1.165, 1.54) is 25.7 Å². The molecule has 0 spiro atoms. The Kier molecular flexibility index (Phi) is 35.3. The fourth-order valence-electron chi connectivity index (χ4n) is 5.19. The van der Waals surface area contributed by atoms with Gasteiger partial charge in [0.15, 0.2) is 0 Å². The molecule has 3 atom stereocenters. The van der Waals surface area contributed by atoms with Crippen molar-refractivity contribution < 1.29 is 32.9 Å². The van der Waals surface area contributed by atoms with Gasteiger partial charge in [-0.05, 0) is 77.0 Å². The zero-order valence-corrected chi connectivity index (χ0v) is 36.3. The fourth-order valence-corrected chi connectivity index (χ4v) is 5.93. The number of carbonyl (C=O) groups is 1. The number of aliphatic hydroxyl groups is 1. The lowest BCUT2D eigenvalue weighted by Gasteiger charge is -2.25. The van der Waals surface area contributed by atoms with Crippen molar-refractivity contribution in [3.05, 3.63) is 97.2 Å². The van der Waals surface area contributed by atoms with Crippen molar-refractivity contribution in [1.82, 2.24) is 5.32 Å². The van der Waals surface area contributed by atoms with Crippen molar-refractivity contribution in [3.8, 4) is 0 Å². The lowest BCUT2D eigenvalue weighted by Crippen LogP contribution is -2.45. The molecule has 0 aromatic carbocycles. The van der Waals surface area contributed by atoms with Crippen LogP contribution in [0.5, 0.6) is 0 Å². The lowest BCUT2D eigenvalue weighted by atomic mass is 10.1. The molecule has 0 saturated carbocycles. The third-order valence-electron chi connectivity index (χ3n) is 8.56. The van der Waals surface area contributed by atoms with Crippen LogP contribution < -0.4 is 5.32 Å². The van der Waals surface area contributed by atoms with Crippen LogP contribution in [0, 0.1) is 0 Å². The Balaban J connectivity index is 4.38. The van der Waals surface area contributed by atoms with Gasteiger partial charge in [-0.1, -0.05) is 150 Å². The first-order chi connectivity index (χ1) is 26.5. The van der Waals surface area contributed by atoms with Gasteiger partial charge in [0.2, 0.25) is 5.91 Å².